The van der Waals surface area contributed by atoms with Gasteiger partial charge in [-0.3, -0.25) is 4.79 Å². The van der Waals surface area contributed by atoms with Crippen LogP contribution in [0.1, 0.15) is 73.1 Å². The lowest BCUT2D eigenvalue weighted by atomic mass is 9.92. The van der Waals surface area contributed by atoms with E-state index in [1.54, 1.807) is 0 Å². The fourth-order valence-electron chi connectivity index (χ4n) is 2.82. The molecule has 1 heterocycles. The molecule has 0 aliphatic heterocycles. The van der Waals surface area contributed by atoms with Gasteiger partial charge in [0.2, 0.25) is 0 Å². The van der Waals surface area contributed by atoms with Gasteiger partial charge in [0.15, 0.2) is 6.29 Å². The molecule has 86 valence electrons. The van der Waals surface area contributed by atoms with Crippen molar-refractivity contribution in [2.75, 3.05) is 0 Å². The van der Waals surface area contributed by atoms with Gasteiger partial charge >= 0.3 is 0 Å². The zero-order valence-electron chi connectivity index (χ0n) is 9.43. The van der Waals surface area contributed by atoms with Gasteiger partial charge in [0.25, 0.3) is 0 Å². The molecule has 1 aromatic rings. The average molecular weight is 219 g/mol. The van der Waals surface area contributed by atoms with Gasteiger partial charge in [-0.1, -0.05) is 18.1 Å². The van der Waals surface area contributed by atoms with Crippen LogP contribution in [0.4, 0.5) is 0 Å². The van der Waals surface area contributed by atoms with Crippen LogP contribution in [0.15, 0.2) is 0 Å². The van der Waals surface area contributed by atoms with Crippen molar-refractivity contribution in [1.29, 1.82) is 0 Å². The topological polar surface area (TPSA) is 47.8 Å². The first-order valence-electron chi connectivity index (χ1n) is 6.30. The van der Waals surface area contributed by atoms with E-state index in [0.29, 0.717) is 12.0 Å². The fourth-order valence-corrected chi connectivity index (χ4v) is 2.82. The van der Waals surface area contributed by atoms with E-state index in [1.807, 2.05) is 4.68 Å². The normalized spacial score (nSPS) is 22.2. The summed E-state index contributed by atoms with van der Waals surface area (Å²) in [6.07, 6.45) is 9.36. The van der Waals surface area contributed by atoms with E-state index in [2.05, 4.69) is 10.3 Å². The Balaban J connectivity index is 1.92. The average Bonchev–Trinajstić information content (AvgIpc) is 2.81. The Morgan fingerprint density at radius 3 is 2.44 bits per heavy atom. The molecule has 4 nitrogen and oxygen atoms in total. The van der Waals surface area contributed by atoms with Crippen LogP contribution in [0.5, 0.6) is 0 Å². The van der Waals surface area contributed by atoms with Gasteiger partial charge in [0, 0.05) is 5.92 Å². The molecule has 2 fully saturated rings. The van der Waals surface area contributed by atoms with Crippen LogP contribution in [-0.4, -0.2) is 21.3 Å². The van der Waals surface area contributed by atoms with Crippen molar-refractivity contribution in [1.82, 2.24) is 15.0 Å². The van der Waals surface area contributed by atoms with Gasteiger partial charge in [0.1, 0.15) is 5.69 Å². The second-order valence-electron chi connectivity index (χ2n) is 4.99. The summed E-state index contributed by atoms with van der Waals surface area (Å²) in [6.45, 7) is 0. The molecule has 1 aromatic heterocycles. The minimum atomic E-state index is 0.433. The minimum Gasteiger partial charge on any atom is -0.296 e. The highest BCUT2D eigenvalue weighted by Gasteiger charge is 2.29. The molecule has 0 unspecified atom stereocenters. The van der Waals surface area contributed by atoms with E-state index in [9.17, 15) is 4.79 Å². The van der Waals surface area contributed by atoms with Crippen molar-refractivity contribution in [3.63, 3.8) is 0 Å². The van der Waals surface area contributed by atoms with Crippen LogP contribution in [-0.2, 0) is 0 Å². The van der Waals surface area contributed by atoms with Crippen molar-refractivity contribution in [2.45, 2.75) is 56.9 Å². The molecule has 0 spiro atoms. The summed E-state index contributed by atoms with van der Waals surface area (Å²) < 4.78 is 1.87. The molecule has 0 atom stereocenters. The lowest BCUT2D eigenvalue weighted by Gasteiger charge is -2.25. The fraction of sp³-hybridized carbons (Fsp3) is 0.750. The van der Waals surface area contributed by atoms with Crippen LogP contribution in [0.3, 0.4) is 0 Å². The number of carbonyl (C=O) groups excluding carboxylic acids is 1. The summed E-state index contributed by atoms with van der Waals surface area (Å²) in [6, 6.07) is 0.433. The SMILES string of the molecule is O=Cc1c(C2CCCC2)nnn1C1CCC1. The summed E-state index contributed by atoms with van der Waals surface area (Å²) in [5, 5.41) is 8.44. The van der Waals surface area contributed by atoms with Gasteiger partial charge < -0.3 is 0 Å². The molecule has 0 N–H and O–H groups in total. The molecule has 4 heteroatoms. The van der Waals surface area contributed by atoms with E-state index in [-0.39, 0.29) is 0 Å². The van der Waals surface area contributed by atoms with Crippen LogP contribution in [0.25, 0.3) is 0 Å². The maximum atomic E-state index is 11.2. The molecule has 2 aliphatic carbocycles. The third-order valence-corrected chi connectivity index (χ3v) is 4.03. The van der Waals surface area contributed by atoms with Gasteiger partial charge in [0.05, 0.1) is 11.7 Å². The smallest absolute Gasteiger partial charge is 0.170 e. The third kappa shape index (κ3) is 1.47. The van der Waals surface area contributed by atoms with Crippen molar-refractivity contribution in [2.24, 2.45) is 0 Å². The molecule has 3 rings (SSSR count). The highest BCUT2D eigenvalue weighted by atomic mass is 16.1. The maximum Gasteiger partial charge on any atom is 0.170 e. The standard InChI is InChI=1S/C12H17N3O/c16-8-11-12(9-4-1-2-5-9)13-14-15(11)10-6-3-7-10/h8-10H,1-7H2. The molecule has 2 aliphatic rings. The Morgan fingerprint density at radius 1 is 1.12 bits per heavy atom. The van der Waals surface area contributed by atoms with E-state index < -0.39 is 0 Å². The Labute approximate surface area is 95.0 Å². The Kier molecular flexibility index (Phi) is 2.50. The van der Waals surface area contributed by atoms with E-state index in [4.69, 9.17) is 0 Å². The third-order valence-electron chi connectivity index (χ3n) is 4.03. The molecule has 0 radical (unpaired) electrons. The molecule has 0 bridgehead atoms. The quantitative estimate of drug-likeness (QED) is 0.734. The predicted molar refractivity (Wildman–Crippen MR) is 59.5 cm³/mol. The molecule has 0 amide bonds. The number of hydrogen-bond acceptors (Lipinski definition) is 3. The second kappa shape index (κ2) is 4.00. The largest absolute Gasteiger partial charge is 0.296 e. The molecular formula is C12H17N3O. The lowest BCUT2D eigenvalue weighted by molar-refractivity contribution is 0.110. The molecule has 0 saturated heterocycles. The van der Waals surface area contributed by atoms with Crippen LogP contribution < -0.4 is 0 Å². The van der Waals surface area contributed by atoms with Crippen molar-refractivity contribution < 1.29 is 4.79 Å². The first kappa shape index (κ1) is 10.00. The summed E-state index contributed by atoms with van der Waals surface area (Å²) >= 11 is 0. The first-order valence-corrected chi connectivity index (χ1v) is 6.30. The van der Waals surface area contributed by atoms with Crippen molar-refractivity contribution >= 4 is 6.29 Å². The Hall–Kier alpha value is -1.19. The summed E-state index contributed by atoms with van der Waals surface area (Å²) in [5.41, 5.74) is 1.70. The number of rotatable bonds is 3. The number of carbonyl (C=O) groups is 1. The highest BCUT2D eigenvalue weighted by molar-refractivity contribution is 5.74. The van der Waals surface area contributed by atoms with Crippen molar-refractivity contribution in [3.8, 4) is 0 Å². The maximum absolute atomic E-state index is 11.2. The van der Waals surface area contributed by atoms with Crippen LogP contribution in [0, 0.1) is 0 Å². The lowest BCUT2D eigenvalue weighted by Crippen LogP contribution is -2.20. The summed E-state index contributed by atoms with van der Waals surface area (Å²) in [5.74, 6) is 0.481. The molecule has 16 heavy (non-hydrogen) atoms. The minimum absolute atomic E-state index is 0.433. The predicted octanol–water partition coefficient (Wildman–Crippen LogP) is 2.47. The molecule has 2 saturated carbocycles. The van der Waals surface area contributed by atoms with Crippen LogP contribution >= 0.6 is 0 Å². The monoisotopic (exact) mass is 219 g/mol. The van der Waals surface area contributed by atoms with Gasteiger partial charge in [-0.2, -0.15) is 0 Å². The number of aromatic nitrogens is 3. The zero-order valence-corrected chi connectivity index (χ0v) is 9.43. The van der Waals surface area contributed by atoms with E-state index >= 15 is 0 Å². The Morgan fingerprint density at radius 2 is 1.88 bits per heavy atom. The van der Waals surface area contributed by atoms with E-state index in [0.717, 1.165) is 30.5 Å². The first-order chi connectivity index (χ1) is 7.90. The number of aldehydes is 1. The van der Waals surface area contributed by atoms with Gasteiger partial charge in [-0.05, 0) is 32.1 Å². The number of nitrogens with zero attached hydrogens (tertiary/aromatic N) is 3. The zero-order chi connectivity index (χ0) is 11.0. The highest BCUT2D eigenvalue weighted by Crippen LogP contribution is 2.37. The Bertz CT molecular complexity index is 389. The van der Waals surface area contributed by atoms with Crippen molar-refractivity contribution in [3.05, 3.63) is 11.4 Å². The molecule has 0 aromatic carbocycles. The van der Waals surface area contributed by atoms with Crippen LogP contribution in [0.2, 0.25) is 0 Å². The van der Waals surface area contributed by atoms with E-state index in [1.165, 1.54) is 32.1 Å². The summed E-state index contributed by atoms with van der Waals surface area (Å²) in [4.78, 5) is 11.2. The van der Waals surface area contributed by atoms with Gasteiger partial charge in [-0.25, -0.2) is 4.68 Å². The number of hydrogen-bond donors (Lipinski definition) is 0. The second-order valence-corrected chi connectivity index (χ2v) is 4.99. The molecular weight excluding hydrogens is 202 g/mol. The summed E-state index contributed by atoms with van der Waals surface area (Å²) in [7, 11) is 0. The van der Waals surface area contributed by atoms with Gasteiger partial charge in [-0.15, -0.1) is 5.10 Å².